The highest BCUT2D eigenvalue weighted by Gasteiger charge is 2.10. The van der Waals surface area contributed by atoms with Gasteiger partial charge in [0.25, 0.3) is 6.43 Å². The maximum atomic E-state index is 12.0. The van der Waals surface area contributed by atoms with E-state index in [4.69, 9.17) is 5.14 Å². The van der Waals surface area contributed by atoms with Crippen LogP contribution >= 0.6 is 0 Å². The van der Waals surface area contributed by atoms with E-state index in [-0.39, 0.29) is 10.5 Å². The lowest BCUT2D eigenvalue weighted by Gasteiger charge is -2.00. The van der Waals surface area contributed by atoms with Gasteiger partial charge in [-0.25, -0.2) is 22.3 Å². The topological polar surface area (TPSA) is 60.2 Å². The van der Waals surface area contributed by atoms with Crippen LogP contribution in [-0.2, 0) is 10.0 Å². The average molecular weight is 207 g/mol. The lowest BCUT2D eigenvalue weighted by Crippen LogP contribution is -2.11. The highest BCUT2D eigenvalue weighted by molar-refractivity contribution is 7.89. The molecule has 2 N–H and O–H groups in total. The minimum absolute atomic E-state index is 0.170. The molecule has 1 rings (SSSR count). The molecule has 0 saturated carbocycles. The van der Waals surface area contributed by atoms with Gasteiger partial charge in [-0.3, -0.25) is 0 Å². The summed E-state index contributed by atoms with van der Waals surface area (Å²) >= 11 is 0. The van der Waals surface area contributed by atoms with Crippen LogP contribution in [0, 0.1) is 0 Å². The number of benzene rings is 1. The van der Waals surface area contributed by atoms with Crippen molar-refractivity contribution in [2.75, 3.05) is 0 Å². The normalized spacial score (nSPS) is 12.0. The molecule has 0 unspecified atom stereocenters. The van der Waals surface area contributed by atoms with Crippen molar-refractivity contribution in [1.82, 2.24) is 0 Å². The summed E-state index contributed by atoms with van der Waals surface area (Å²) < 4.78 is 45.4. The van der Waals surface area contributed by atoms with Gasteiger partial charge in [0, 0.05) is 5.56 Å². The van der Waals surface area contributed by atoms with Crippen LogP contribution in [-0.4, -0.2) is 8.42 Å². The van der Waals surface area contributed by atoms with E-state index in [1.54, 1.807) is 0 Å². The van der Waals surface area contributed by atoms with Crippen molar-refractivity contribution in [3.05, 3.63) is 29.8 Å². The Labute approximate surface area is 74.2 Å². The van der Waals surface area contributed by atoms with Gasteiger partial charge in [0.1, 0.15) is 0 Å². The first-order valence-electron chi connectivity index (χ1n) is 3.32. The number of primary sulfonamides is 1. The van der Waals surface area contributed by atoms with E-state index < -0.39 is 16.4 Å². The fourth-order valence-corrected chi connectivity index (χ4v) is 1.32. The van der Waals surface area contributed by atoms with Gasteiger partial charge in [0.05, 0.1) is 4.90 Å². The maximum absolute atomic E-state index is 12.0. The second-order valence-electron chi connectivity index (χ2n) is 2.41. The van der Waals surface area contributed by atoms with Crippen molar-refractivity contribution >= 4 is 10.0 Å². The minimum atomic E-state index is -3.79. The molecule has 0 amide bonds. The van der Waals surface area contributed by atoms with E-state index in [0.717, 1.165) is 24.3 Å². The van der Waals surface area contributed by atoms with E-state index in [1.807, 2.05) is 0 Å². The van der Waals surface area contributed by atoms with Crippen LogP contribution in [0.5, 0.6) is 0 Å². The summed E-state index contributed by atoms with van der Waals surface area (Å²) in [6.45, 7) is 0. The molecule has 13 heavy (non-hydrogen) atoms. The van der Waals surface area contributed by atoms with E-state index in [9.17, 15) is 17.2 Å². The molecule has 0 saturated heterocycles. The number of nitrogens with two attached hydrogens (primary N) is 1. The third kappa shape index (κ3) is 2.46. The number of hydrogen-bond donors (Lipinski definition) is 1. The molecule has 1 aromatic carbocycles. The third-order valence-corrected chi connectivity index (χ3v) is 2.39. The highest BCUT2D eigenvalue weighted by atomic mass is 32.2. The molecule has 0 aromatic heterocycles. The Morgan fingerprint density at radius 2 is 1.62 bits per heavy atom. The first kappa shape index (κ1) is 10.1. The van der Waals surface area contributed by atoms with E-state index in [2.05, 4.69) is 0 Å². The van der Waals surface area contributed by atoms with Crippen molar-refractivity contribution in [2.45, 2.75) is 11.3 Å². The summed E-state index contributed by atoms with van der Waals surface area (Å²) in [6.07, 6.45) is -2.60. The number of sulfonamides is 1. The third-order valence-electron chi connectivity index (χ3n) is 1.46. The molecule has 0 bridgehead atoms. The Hall–Kier alpha value is -1.01. The van der Waals surface area contributed by atoms with Gasteiger partial charge in [0.2, 0.25) is 10.0 Å². The number of alkyl halides is 2. The van der Waals surface area contributed by atoms with Crippen LogP contribution in [0.4, 0.5) is 8.78 Å². The fraction of sp³-hybridized carbons (Fsp3) is 0.143. The van der Waals surface area contributed by atoms with Crippen molar-refractivity contribution < 1.29 is 17.2 Å². The summed E-state index contributed by atoms with van der Waals surface area (Å²) in [5.41, 5.74) is -0.229. The molecule has 0 fully saturated rings. The molecule has 0 heterocycles. The van der Waals surface area contributed by atoms with Gasteiger partial charge >= 0.3 is 0 Å². The predicted octanol–water partition coefficient (Wildman–Crippen LogP) is 1.27. The second-order valence-corrected chi connectivity index (χ2v) is 3.98. The SMILES string of the molecule is NS(=O)(=O)c1ccc(C(F)F)cc1. The summed E-state index contributed by atoms with van der Waals surface area (Å²) in [5, 5.41) is 4.77. The first-order valence-corrected chi connectivity index (χ1v) is 4.87. The Morgan fingerprint density at radius 3 is 1.92 bits per heavy atom. The van der Waals surface area contributed by atoms with Crippen LogP contribution in [0.3, 0.4) is 0 Å². The lowest BCUT2D eigenvalue weighted by molar-refractivity contribution is 0.151. The summed E-state index contributed by atoms with van der Waals surface area (Å²) in [5.74, 6) is 0. The van der Waals surface area contributed by atoms with Crippen molar-refractivity contribution in [3.8, 4) is 0 Å². The Bertz CT molecular complexity index is 385. The molecule has 1 aromatic rings. The van der Waals surface area contributed by atoms with Gasteiger partial charge in [-0.2, -0.15) is 0 Å². The Kier molecular flexibility index (Phi) is 2.63. The zero-order valence-corrected chi connectivity index (χ0v) is 7.26. The molecule has 0 spiro atoms. The molecule has 0 atom stereocenters. The molecule has 72 valence electrons. The van der Waals surface area contributed by atoms with Crippen molar-refractivity contribution in [1.29, 1.82) is 0 Å². The Morgan fingerprint density at radius 1 is 1.15 bits per heavy atom. The van der Waals surface area contributed by atoms with Crippen LogP contribution in [0.15, 0.2) is 29.2 Å². The van der Waals surface area contributed by atoms with Gasteiger partial charge in [-0.15, -0.1) is 0 Å². The molecular formula is C7H7F2NO2S. The van der Waals surface area contributed by atoms with Crippen LogP contribution < -0.4 is 5.14 Å². The quantitative estimate of drug-likeness (QED) is 0.793. The molecular weight excluding hydrogens is 200 g/mol. The van der Waals surface area contributed by atoms with Gasteiger partial charge in [0.15, 0.2) is 0 Å². The monoisotopic (exact) mass is 207 g/mol. The standard InChI is InChI=1S/C7H7F2NO2S/c8-7(9)5-1-3-6(4-2-5)13(10,11)12/h1-4,7H,(H2,10,11,12). The maximum Gasteiger partial charge on any atom is 0.263 e. The molecule has 3 nitrogen and oxygen atoms in total. The Balaban J connectivity index is 3.08. The fourth-order valence-electron chi connectivity index (χ4n) is 0.803. The summed E-state index contributed by atoms with van der Waals surface area (Å²) in [4.78, 5) is -0.170. The van der Waals surface area contributed by atoms with Crippen LogP contribution in [0.25, 0.3) is 0 Å². The smallest absolute Gasteiger partial charge is 0.225 e. The van der Waals surface area contributed by atoms with Crippen LogP contribution in [0.2, 0.25) is 0 Å². The number of halogens is 2. The number of rotatable bonds is 2. The zero-order chi connectivity index (χ0) is 10.1. The van der Waals surface area contributed by atoms with Gasteiger partial charge < -0.3 is 0 Å². The molecule has 0 aliphatic rings. The predicted molar refractivity (Wildman–Crippen MR) is 42.8 cm³/mol. The average Bonchev–Trinajstić information content (AvgIpc) is 2.03. The van der Waals surface area contributed by atoms with Crippen LogP contribution in [0.1, 0.15) is 12.0 Å². The molecule has 0 aliphatic heterocycles. The molecule has 6 heteroatoms. The van der Waals surface area contributed by atoms with E-state index >= 15 is 0 Å². The van der Waals surface area contributed by atoms with Gasteiger partial charge in [-0.1, -0.05) is 12.1 Å². The number of hydrogen-bond acceptors (Lipinski definition) is 2. The molecule has 0 aliphatic carbocycles. The van der Waals surface area contributed by atoms with Crippen molar-refractivity contribution in [3.63, 3.8) is 0 Å². The zero-order valence-electron chi connectivity index (χ0n) is 6.44. The van der Waals surface area contributed by atoms with Gasteiger partial charge in [-0.05, 0) is 12.1 Å². The summed E-state index contributed by atoms with van der Waals surface area (Å²) in [6, 6.07) is 4.17. The molecule has 0 radical (unpaired) electrons. The highest BCUT2D eigenvalue weighted by Crippen LogP contribution is 2.19. The van der Waals surface area contributed by atoms with E-state index in [1.165, 1.54) is 0 Å². The lowest BCUT2D eigenvalue weighted by atomic mass is 10.2. The second kappa shape index (κ2) is 3.39. The first-order chi connectivity index (χ1) is 5.91. The summed E-state index contributed by atoms with van der Waals surface area (Å²) in [7, 11) is -3.79. The minimum Gasteiger partial charge on any atom is -0.225 e. The largest absolute Gasteiger partial charge is 0.263 e. The van der Waals surface area contributed by atoms with E-state index in [0.29, 0.717) is 0 Å². The van der Waals surface area contributed by atoms with Crippen molar-refractivity contribution in [2.24, 2.45) is 5.14 Å².